The smallest absolute Gasteiger partial charge is 0.254 e. The SMILES string of the molecule is O=C(c1ccnc(O[C@H]2CCOC2)c1)N1CCN(c2ncccn2)CC1. The maximum Gasteiger partial charge on any atom is 0.254 e. The Morgan fingerprint density at radius 1 is 1.12 bits per heavy atom. The van der Waals surface area contributed by atoms with Gasteiger partial charge in [0.2, 0.25) is 11.8 Å². The van der Waals surface area contributed by atoms with E-state index >= 15 is 0 Å². The first kappa shape index (κ1) is 16.7. The molecule has 4 heterocycles. The minimum absolute atomic E-state index is 0.00597. The van der Waals surface area contributed by atoms with Gasteiger partial charge in [0.05, 0.1) is 13.2 Å². The van der Waals surface area contributed by atoms with Crippen LogP contribution >= 0.6 is 0 Å². The van der Waals surface area contributed by atoms with Crippen molar-refractivity contribution in [1.82, 2.24) is 19.9 Å². The summed E-state index contributed by atoms with van der Waals surface area (Å²) in [4.78, 5) is 29.5. The van der Waals surface area contributed by atoms with Gasteiger partial charge in [-0.25, -0.2) is 15.0 Å². The number of pyridine rings is 1. The third-order valence-corrected chi connectivity index (χ3v) is 4.56. The zero-order valence-corrected chi connectivity index (χ0v) is 14.5. The van der Waals surface area contributed by atoms with E-state index in [0.717, 1.165) is 6.42 Å². The minimum Gasteiger partial charge on any atom is -0.472 e. The van der Waals surface area contributed by atoms with Gasteiger partial charge in [0.1, 0.15) is 6.10 Å². The molecule has 0 unspecified atom stereocenters. The molecule has 1 amide bonds. The number of hydrogen-bond acceptors (Lipinski definition) is 7. The molecule has 8 heteroatoms. The highest BCUT2D eigenvalue weighted by Crippen LogP contribution is 2.18. The van der Waals surface area contributed by atoms with Crippen LogP contribution in [0, 0.1) is 0 Å². The van der Waals surface area contributed by atoms with Crippen LogP contribution in [0.3, 0.4) is 0 Å². The van der Waals surface area contributed by atoms with Crippen molar-refractivity contribution in [3.8, 4) is 5.88 Å². The molecule has 2 aromatic rings. The van der Waals surface area contributed by atoms with Crippen LogP contribution < -0.4 is 9.64 Å². The van der Waals surface area contributed by atoms with Crippen molar-refractivity contribution >= 4 is 11.9 Å². The number of aromatic nitrogens is 3. The van der Waals surface area contributed by atoms with E-state index in [1.165, 1.54) is 0 Å². The van der Waals surface area contributed by atoms with Crippen molar-refractivity contribution in [3.63, 3.8) is 0 Å². The zero-order chi connectivity index (χ0) is 17.8. The number of amides is 1. The van der Waals surface area contributed by atoms with Crippen LogP contribution in [0.1, 0.15) is 16.8 Å². The molecule has 0 spiro atoms. The number of rotatable bonds is 4. The second-order valence-electron chi connectivity index (χ2n) is 6.31. The van der Waals surface area contributed by atoms with Crippen LogP contribution in [-0.2, 0) is 4.74 Å². The number of anilines is 1. The molecule has 0 aromatic carbocycles. The number of carbonyl (C=O) groups is 1. The fourth-order valence-electron chi connectivity index (χ4n) is 3.13. The molecular formula is C18H21N5O3. The van der Waals surface area contributed by atoms with Crippen LogP contribution in [0.5, 0.6) is 5.88 Å². The van der Waals surface area contributed by atoms with Crippen molar-refractivity contribution in [2.75, 3.05) is 44.3 Å². The molecule has 4 rings (SSSR count). The average molecular weight is 355 g/mol. The summed E-state index contributed by atoms with van der Waals surface area (Å²) in [5.74, 6) is 1.18. The summed E-state index contributed by atoms with van der Waals surface area (Å²) in [6, 6.07) is 5.24. The van der Waals surface area contributed by atoms with Crippen molar-refractivity contribution in [1.29, 1.82) is 0 Å². The van der Waals surface area contributed by atoms with Crippen molar-refractivity contribution in [2.24, 2.45) is 0 Å². The van der Waals surface area contributed by atoms with Crippen LogP contribution in [0.4, 0.5) is 5.95 Å². The Bertz CT molecular complexity index is 744. The monoisotopic (exact) mass is 355 g/mol. The van der Waals surface area contributed by atoms with Crippen LogP contribution in [0.25, 0.3) is 0 Å². The van der Waals surface area contributed by atoms with Gasteiger partial charge in [0.15, 0.2) is 0 Å². The molecule has 2 aliphatic rings. The maximum absolute atomic E-state index is 12.8. The summed E-state index contributed by atoms with van der Waals surface area (Å²) in [5.41, 5.74) is 0.596. The molecular weight excluding hydrogens is 334 g/mol. The Balaban J connectivity index is 1.37. The first-order valence-corrected chi connectivity index (χ1v) is 8.81. The van der Waals surface area contributed by atoms with Gasteiger partial charge in [0.25, 0.3) is 5.91 Å². The molecule has 2 fully saturated rings. The summed E-state index contributed by atoms with van der Waals surface area (Å²) in [7, 11) is 0. The molecule has 0 radical (unpaired) electrons. The van der Waals surface area contributed by atoms with Crippen molar-refractivity contribution in [2.45, 2.75) is 12.5 Å². The number of hydrogen-bond donors (Lipinski definition) is 0. The van der Waals surface area contributed by atoms with Crippen LogP contribution in [0.15, 0.2) is 36.8 Å². The van der Waals surface area contributed by atoms with E-state index in [9.17, 15) is 4.79 Å². The number of ether oxygens (including phenoxy) is 2. The molecule has 2 aliphatic heterocycles. The molecule has 0 aliphatic carbocycles. The average Bonchev–Trinajstić information content (AvgIpc) is 3.21. The van der Waals surface area contributed by atoms with Crippen LogP contribution in [-0.4, -0.2) is 71.3 Å². The summed E-state index contributed by atoms with van der Waals surface area (Å²) < 4.78 is 11.1. The second-order valence-corrected chi connectivity index (χ2v) is 6.31. The van der Waals surface area contributed by atoms with Gasteiger partial charge >= 0.3 is 0 Å². The van der Waals surface area contributed by atoms with Gasteiger partial charge in [-0.1, -0.05) is 0 Å². The maximum atomic E-state index is 12.8. The third kappa shape index (κ3) is 3.75. The van der Waals surface area contributed by atoms with E-state index in [0.29, 0.717) is 56.8 Å². The molecule has 0 saturated carbocycles. The van der Waals surface area contributed by atoms with Gasteiger partial charge in [-0.15, -0.1) is 0 Å². The summed E-state index contributed by atoms with van der Waals surface area (Å²) >= 11 is 0. The Kier molecular flexibility index (Phi) is 4.92. The molecule has 2 saturated heterocycles. The van der Waals surface area contributed by atoms with E-state index in [1.54, 1.807) is 36.8 Å². The van der Waals surface area contributed by atoms with Crippen LogP contribution in [0.2, 0.25) is 0 Å². The normalized spacial score (nSPS) is 20.2. The van der Waals surface area contributed by atoms with Gasteiger partial charge in [0, 0.05) is 62.8 Å². The lowest BCUT2D eigenvalue weighted by Gasteiger charge is -2.34. The Morgan fingerprint density at radius 3 is 2.65 bits per heavy atom. The standard InChI is InChI=1S/C18H21N5O3/c24-17(14-2-6-19-16(12-14)26-15-3-11-25-13-15)22-7-9-23(10-8-22)18-20-4-1-5-21-18/h1-2,4-6,12,15H,3,7-11,13H2/t15-/m0/s1. The fraction of sp³-hybridized carbons (Fsp3) is 0.444. The molecule has 1 atom stereocenters. The topological polar surface area (TPSA) is 80.7 Å². The number of piperazine rings is 1. The summed E-state index contributed by atoms with van der Waals surface area (Å²) in [5, 5.41) is 0. The quantitative estimate of drug-likeness (QED) is 0.809. The summed E-state index contributed by atoms with van der Waals surface area (Å²) in [6.45, 7) is 3.97. The number of nitrogens with zero attached hydrogens (tertiary/aromatic N) is 5. The third-order valence-electron chi connectivity index (χ3n) is 4.56. The molecule has 8 nitrogen and oxygen atoms in total. The molecule has 26 heavy (non-hydrogen) atoms. The zero-order valence-electron chi connectivity index (χ0n) is 14.5. The van der Waals surface area contributed by atoms with Gasteiger partial charge < -0.3 is 19.3 Å². The van der Waals surface area contributed by atoms with E-state index in [1.807, 2.05) is 4.90 Å². The summed E-state index contributed by atoms with van der Waals surface area (Å²) in [6.07, 6.45) is 5.94. The fourth-order valence-corrected chi connectivity index (χ4v) is 3.13. The Morgan fingerprint density at radius 2 is 1.92 bits per heavy atom. The van der Waals surface area contributed by atoms with E-state index < -0.39 is 0 Å². The second kappa shape index (κ2) is 7.65. The first-order valence-electron chi connectivity index (χ1n) is 8.81. The molecule has 2 aromatic heterocycles. The minimum atomic E-state index is -0.00597. The highest BCUT2D eigenvalue weighted by atomic mass is 16.5. The van der Waals surface area contributed by atoms with E-state index in [4.69, 9.17) is 9.47 Å². The molecule has 0 bridgehead atoms. The number of carbonyl (C=O) groups excluding carboxylic acids is 1. The van der Waals surface area contributed by atoms with Crippen molar-refractivity contribution in [3.05, 3.63) is 42.4 Å². The van der Waals surface area contributed by atoms with Crippen molar-refractivity contribution < 1.29 is 14.3 Å². The van der Waals surface area contributed by atoms with E-state index in [-0.39, 0.29) is 12.0 Å². The molecule has 0 N–H and O–H groups in total. The van der Waals surface area contributed by atoms with Gasteiger partial charge in [-0.05, 0) is 12.1 Å². The predicted octanol–water partition coefficient (Wildman–Crippen LogP) is 1.00. The van der Waals surface area contributed by atoms with E-state index in [2.05, 4.69) is 19.9 Å². The Hall–Kier alpha value is -2.74. The van der Waals surface area contributed by atoms with Gasteiger partial charge in [-0.3, -0.25) is 4.79 Å². The van der Waals surface area contributed by atoms with Gasteiger partial charge in [-0.2, -0.15) is 0 Å². The lowest BCUT2D eigenvalue weighted by atomic mass is 10.2. The largest absolute Gasteiger partial charge is 0.472 e. The highest BCUT2D eigenvalue weighted by molar-refractivity contribution is 5.94. The first-order chi connectivity index (χ1) is 12.8. The lowest BCUT2D eigenvalue weighted by Crippen LogP contribution is -2.49. The molecule has 136 valence electrons. The Labute approximate surface area is 151 Å². The predicted molar refractivity (Wildman–Crippen MR) is 94.2 cm³/mol. The lowest BCUT2D eigenvalue weighted by molar-refractivity contribution is 0.0745. The highest BCUT2D eigenvalue weighted by Gasteiger charge is 2.24.